The Balaban J connectivity index is 1.46. The van der Waals surface area contributed by atoms with E-state index in [-0.39, 0.29) is 56.0 Å². The lowest BCUT2D eigenvalue weighted by Gasteiger charge is -2.37. The number of benzene rings is 2. The van der Waals surface area contributed by atoms with Gasteiger partial charge in [-0.15, -0.1) is 11.3 Å². The van der Waals surface area contributed by atoms with E-state index >= 15 is 4.39 Å². The Hall–Kier alpha value is -4.68. The second-order valence-corrected chi connectivity index (χ2v) is 11.4. The minimum atomic E-state index is -0.816. The van der Waals surface area contributed by atoms with Gasteiger partial charge in [-0.1, -0.05) is 12.6 Å². The van der Waals surface area contributed by atoms with Gasteiger partial charge in [0.15, 0.2) is 0 Å². The molecule has 1 saturated heterocycles. The van der Waals surface area contributed by atoms with Gasteiger partial charge in [0.2, 0.25) is 11.8 Å². The molecule has 0 bridgehead atoms. The van der Waals surface area contributed by atoms with E-state index < -0.39 is 17.6 Å². The topological polar surface area (TPSA) is 98.6 Å². The number of methoxy groups -OCH3 is 1. The number of ether oxygens (including phenoxy) is 2. The number of carbonyl (C=O) groups excluding carboxylic acids is 2. The van der Waals surface area contributed by atoms with Crippen LogP contribution < -0.4 is 10.1 Å². The number of amides is 2. The third-order valence-corrected chi connectivity index (χ3v) is 8.62. The molecule has 2 aromatic carbocycles. The molecule has 1 fully saturated rings. The number of pyridine rings is 1. The number of carbonyl (C=O) groups is 2. The van der Waals surface area contributed by atoms with E-state index in [0.717, 1.165) is 34.0 Å². The lowest BCUT2D eigenvalue weighted by atomic mass is 9.96. The van der Waals surface area contributed by atoms with Gasteiger partial charge in [-0.05, 0) is 29.7 Å². The van der Waals surface area contributed by atoms with E-state index in [9.17, 15) is 14.0 Å². The van der Waals surface area contributed by atoms with Crippen LogP contribution in [0.2, 0.25) is 0 Å². The maximum absolute atomic E-state index is 15.7. The Morgan fingerprint density at radius 2 is 1.98 bits per heavy atom. The SMILES string of the molecule is C=CC(=O)N1CC(C(=O)NCc2nc(-c3ccc4c(cnn4C)c3)c3ccsc3c2-c2c(F)cc(F)cc2OCCOC)C1. The van der Waals surface area contributed by atoms with E-state index in [1.807, 2.05) is 36.7 Å². The number of fused-ring (bicyclic) bond motifs is 2. The molecule has 0 saturated carbocycles. The lowest BCUT2D eigenvalue weighted by molar-refractivity contribution is -0.139. The van der Waals surface area contributed by atoms with Crippen molar-refractivity contribution < 1.29 is 27.8 Å². The molecule has 0 radical (unpaired) electrons. The Morgan fingerprint density at radius 3 is 2.75 bits per heavy atom. The Bertz CT molecular complexity index is 1910. The van der Waals surface area contributed by atoms with Gasteiger partial charge in [-0.25, -0.2) is 13.8 Å². The highest BCUT2D eigenvalue weighted by Gasteiger charge is 2.35. The molecular formula is C32H29F2N5O4S. The highest BCUT2D eigenvalue weighted by molar-refractivity contribution is 7.17. The minimum absolute atomic E-state index is 0.00530. The van der Waals surface area contributed by atoms with Crippen molar-refractivity contribution in [1.82, 2.24) is 25.0 Å². The average molecular weight is 618 g/mol. The zero-order chi connectivity index (χ0) is 31.0. The largest absolute Gasteiger partial charge is 0.490 e. The lowest BCUT2D eigenvalue weighted by Crippen LogP contribution is -2.55. The molecule has 12 heteroatoms. The summed E-state index contributed by atoms with van der Waals surface area (Å²) in [5, 5.41) is 10.8. The van der Waals surface area contributed by atoms with E-state index in [1.54, 1.807) is 10.9 Å². The van der Waals surface area contributed by atoms with Crippen molar-refractivity contribution in [1.29, 1.82) is 0 Å². The van der Waals surface area contributed by atoms with Crippen LogP contribution in [-0.2, 0) is 27.9 Å². The average Bonchev–Trinajstić information content (AvgIpc) is 3.62. The number of aromatic nitrogens is 3. The number of rotatable bonds is 10. The maximum Gasteiger partial charge on any atom is 0.246 e. The zero-order valence-electron chi connectivity index (χ0n) is 24.1. The van der Waals surface area contributed by atoms with Crippen LogP contribution in [0.5, 0.6) is 5.75 Å². The van der Waals surface area contributed by atoms with Gasteiger partial charge >= 0.3 is 0 Å². The summed E-state index contributed by atoms with van der Waals surface area (Å²) in [5.41, 5.74) is 3.26. The van der Waals surface area contributed by atoms with Crippen molar-refractivity contribution in [3.8, 4) is 28.1 Å². The predicted octanol–water partition coefficient (Wildman–Crippen LogP) is 5.08. The van der Waals surface area contributed by atoms with E-state index in [2.05, 4.69) is 17.0 Å². The first kappa shape index (κ1) is 29.4. The number of nitrogens with one attached hydrogen (secondary N) is 1. The maximum atomic E-state index is 15.7. The van der Waals surface area contributed by atoms with Crippen molar-refractivity contribution in [2.45, 2.75) is 6.54 Å². The first-order chi connectivity index (χ1) is 21.3. The fraction of sp³-hybridized carbons (Fsp3) is 0.250. The summed E-state index contributed by atoms with van der Waals surface area (Å²) in [5.74, 6) is -2.48. The van der Waals surface area contributed by atoms with Crippen molar-refractivity contribution in [2.24, 2.45) is 13.0 Å². The van der Waals surface area contributed by atoms with Gasteiger partial charge in [0.1, 0.15) is 24.0 Å². The van der Waals surface area contributed by atoms with Crippen LogP contribution in [-0.4, -0.2) is 64.9 Å². The highest BCUT2D eigenvalue weighted by Crippen LogP contribution is 2.44. The molecule has 226 valence electrons. The van der Waals surface area contributed by atoms with Gasteiger partial charge in [0.25, 0.3) is 0 Å². The molecular weight excluding hydrogens is 588 g/mol. The third kappa shape index (κ3) is 5.42. The minimum Gasteiger partial charge on any atom is -0.490 e. The van der Waals surface area contributed by atoms with Crippen LogP contribution in [0.25, 0.3) is 43.4 Å². The van der Waals surface area contributed by atoms with Gasteiger partial charge in [-0.3, -0.25) is 14.3 Å². The molecule has 44 heavy (non-hydrogen) atoms. The third-order valence-electron chi connectivity index (χ3n) is 7.68. The van der Waals surface area contributed by atoms with Gasteiger partial charge in [0.05, 0.1) is 47.7 Å². The molecule has 1 aliphatic heterocycles. The quantitative estimate of drug-likeness (QED) is 0.173. The first-order valence-electron chi connectivity index (χ1n) is 13.9. The van der Waals surface area contributed by atoms with Crippen molar-refractivity contribution in [3.05, 3.63) is 78.0 Å². The molecule has 0 aliphatic carbocycles. The normalized spacial score (nSPS) is 13.3. The van der Waals surface area contributed by atoms with Crippen LogP contribution >= 0.6 is 11.3 Å². The van der Waals surface area contributed by atoms with Crippen LogP contribution in [0.3, 0.4) is 0 Å². The second-order valence-electron chi connectivity index (χ2n) is 10.5. The molecule has 5 aromatic rings. The molecule has 0 unspecified atom stereocenters. The molecule has 2 amide bonds. The number of hydrogen-bond donors (Lipinski definition) is 1. The van der Waals surface area contributed by atoms with Crippen molar-refractivity contribution >= 4 is 44.1 Å². The summed E-state index contributed by atoms with van der Waals surface area (Å²) in [6.45, 7) is 4.30. The fourth-order valence-electron chi connectivity index (χ4n) is 5.40. The summed E-state index contributed by atoms with van der Waals surface area (Å²) >= 11 is 1.39. The summed E-state index contributed by atoms with van der Waals surface area (Å²) in [6.07, 6.45) is 2.99. The number of halogens is 2. The van der Waals surface area contributed by atoms with Crippen molar-refractivity contribution in [3.63, 3.8) is 0 Å². The smallest absolute Gasteiger partial charge is 0.246 e. The number of nitrogens with zero attached hydrogens (tertiary/aromatic N) is 4. The van der Waals surface area contributed by atoms with Crippen molar-refractivity contribution in [2.75, 3.05) is 33.4 Å². The standard InChI is InChI=1S/C32H29F2N5O4S/c1-4-27(40)39-16-20(17-39)32(41)35-15-24-29(28-23(34)12-21(33)13-26(28)43-9-8-42-3)31-22(7-10-44-31)30(37-24)18-5-6-25-19(11-18)14-36-38(25)2/h4-7,10-14,20H,1,8-9,15-17H2,2-3H3,(H,35,41). The first-order valence-corrected chi connectivity index (χ1v) is 14.8. The molecule has 0 atom stereocenters. The zero-order valence-corrected chi connectivity index (χ0v) is 24.9. The van der Waals surface area contributed by atoms with Crippen LogP contribution in [0, 0.1) is 17.6 Å². The van der Waals surface area contributed by atoms with Crippen LogP contribution in [0.4, 0.5) is 8.78 Å². The molecule has 1 N–H and O–H groups in total. The fourth-order valence-corrected chi connectivity index (χ4v) is 6.37. The highest BCUT2D eigenvalue weighted by atomic mass is 32.1. The van der Waals surface area contributed by atoms with Gasteiger partial charge < -0.3 is 19.7 Å². The molecule has 3 aromatic heterocycles. The predicted molar refractivity (Wildman–Crippen MR) is 164 cm³/mol. The number of thiophene rings is 1. The summed E-state index contributed by atoms with van der Waals surface area (Å²) < 4.78 is 43.6. The molecule has 0 spiro atoms. The summed E-state index contributed by atoms with van der Waals surface area (Å²) in [4.78, 5) is 31.5. The Kier molecular flexibility index (Phi) is 8.11. The Morgan fingerprint density at radius 1 is 1.16 bits per heavy atom. The summed E-state index contributed by atoms with van der Waals surface area (Å²) in [7, 11) is 3.37. The summed E-state index contributed by atoms with van der Waals surface area (Å²) in [6, 6.07) is 9.75. The molecule has 9 nitrogen and oxygen atoms in total. The number of hydrogen-bond acceptors (Lipinski definition) is 7. The Labute approximate surface area is 255 Å². The number of likely N-dealkylation sites (tertiary alicyclic amines) is 1. The molecule has 4 heterocycles. The van der Waals surface area contributed by atoms with E-state index in [4.69, 9.17) is 14.5 Å². The van der Waals surface area contributed by atoms with Gasteiger partial charge in [-0.2, -0.15) is 5.10 Å². The second kappa shape index (κ2) is 12.1. The van der Waals surface area contributed by atoms with Crippen LogP contribution in [0.1, 0.15) is 5.69 Å². The molecule has 1 aliphatic rings. The van der Waals surface area contributed by atoms with E-state index in [1.165, 1.54) is 29.4 Å². The van der Waals surface area contributed by atoms with Crippen LogP contribution in [0.15, 0.2) is 60.6 Å². The molecule has 6 rings (SSSR count). The number of aryl methyl sites for hydroxylation is 1. The monoisotopic (exact) mass is 617 g/mol. The van der Waals surface area contributed by atoms with E-state index in [0.29, 0.717) is 21.7 Å². The van der Waals surface area contributed by atoms with Gasteiger partial charge in [0, 0.05) is 66.0 Å².